The fourth-order valence-corrected chi connectivity index (χ4v) is 1.14. The number of rotatable bonds is 6. The van der Waals surface area contributed by atoms with E-state index in [9.17, 15) is 5.11 Å². The third kappa shape index (κ3) is 6.36. The molecule has 2 unspecified atom stereocenters. The Hall–Kier alpha value is -0.0400. The normalized spacial score (nSPS) is 16.4. The van der Waals surface area contributed by atoms with Gasteiger partial charge < -0.3 is 0 Å². The zero-order valence-electron chi connectivity index (χ0n) is 8.10. The highest BCUT2D eigenvalue weighted by Gasteiger charge is 2.06. The van der Waals surface area contributed by atoms with Gasteiger partial charge in [0.1, 0.15) is 0 Å². The van der Waals surface area contributed by atoms with Crippen molar-refractivity contribution in [1.29, 1.82) is 0 Å². The second-order valence-electron chi connectivity index (χ2n) is 3.50. The zero-order chi connectivity index (χ0) is 8.69. The summed E-state index contributed by atoms with van der Waals surface area (Å²) in [5.74, 6) is 0.739. The predicted molar refractivity (Wildman–Crippen MR) is 48.1 cm³/mol. The molecule has 67 valence electrons. The molecule has 0 aliphatic carbocycles. The van der Waals surface area contributed by atoms with E-state index in [1.54, 1.807) is 0 Å². The smallest absolute Gasteiger partial charge is 0.0930 e. The van der Waals surface area contributed by atoms with E-state index in [-0.39, 0.29) is 6.10 Å². The highest BCUT2D eigenvalue weighted by molar-refractivity contribution is 4.57. The van der Waals surface area contributed by atoms with Crippen LogP contribution in [0.25, 0.3) is 0 Å². The van der Waals surface area contributed by atoms with E-state index in [0.29, 0.717) is 0 Å². The molecule has 0 fully saturated rings. The van der Waals surface area contributed by atoms with Gasteiger partial charge >= 0.3 is 0 Å². The number of hydrogen-bond acceptors (Lipinski definition) is 0. The summed E-state index contributed by atoms with van der Waals surface area (Å²) < 4.78 is 0. The van der Waals surface area contributed by atoms with E-state index < -0.39 is 0 Å². The van der Waals surface area contributed by atoms with Crippen LogP contribution >= 0.6 is 0 Å². The summed E-state index contributed by atoms with van der Waals surface area (Å²) in [7, 11) is 0. The van der Waals surface area contributed by atoms with Crippen molar-refractivity contribution in [3.05, 3.63) is 0 Å². The van der Waals surface area contributed by atoms with Crippen molar-refractivity contribution in [2.45, 2.75) is 59.0 Å². The third-order valence-corrected chi connectivity index (χ3v) is 2.29. The Balaban J connectivity index is 3.22. The summed E-state index contributed by atoms with van der Waals surface area (Å²) in [4.78, 5) is 0. The molecular weight excluding hydrogens is 136 g/mol. The van der Waals surface area contributed by atoms with E-state index in [4.69, 9.17) is 0 Å². The maximum Gasteiger partial charge on any atom is 0.0930 e. The van der Waals surface area contributed by atoms with Crippen LogP contribution in [-0.2, 0) is 5.11 Å². The van der Waals surface area contributed by atoms with Crippen LogP contribution in [0.5, 0.6) is 0 Å². The fourth-order valence-electron chi connectivity index (χ4n) is 1.14. The average molecular weight is 157 g/mol. The molecule has 1 heteroatoms. The molecular formula is C10H21O. The second kappa shape index (κ2) is 6.66. The molecule has 0 bridgehead atoms. The molecule has 0 aromatic heterocycles. The van der Waals surface area contributed by atoms with Crippen LogP contribution in [0, 0.1) is 5.92 Å². The van der Waals surface area contributed by atoms with Crippen LogP contribution < -0.4 is 0 Å². The van der Waals surface area contributed by atoms with Crippen molar-refractivity contribution in [1.82, 2.24) is 0 Å². The van der Waals surface area contributed by atoms with Crippen molar-refractivity contribution in [3.8, 4) is 0 Å². The van der Waals surface area contributed by atoms with Crippen molar-refractivity contribution in [2.75, 3.05) is 0 Å². The molecule has 0 aromatic rings. The molecule has 0 heterocycles. The van der Waals surface area contributed by atoms with Gasteiger partial charge in [-0.05, 0) is 25.2 Å². The Morgan fingerprint density at radius 2 is 1.73 bits per heavy atom. The quantitative estimate of drug-likeness (QED) is 0.563. The molecule has 0 aliphatic heterocycles. The molecule has 0 rings (SSSR count). The molecule has 0 N–H and O–H groups in total. The van der Waals surface area contributed by atoms with Crippen LogP contribution in [-0.4, -0.2) is 6.10 Å². The average Bonchev–Trinajstić information content (AvgIpc) is 2.01. The Bertz CT molecular complexity index is 80.9. The molecule has 0 aromatic carbocycles. The molecule has 1 radical (unpaired) electrons. The Morgan fingerprint density at radius 1 is 1.09 bits per heavy atom. The maximum absolute atomic E-state index is 11.1. The van der Waals surface area contributed by atoms with Crippen LogP contribution in [0.4, 0.5) is 0 Å². The Morgan fingerprint density at radius 3 is 2.18 bits per heavy atom. The topological polar surface area (TPSA) is 19.9 Å². The standard InChI is InChI=1S/C10H21O/c1-4-6-10(11)8-7-9(3)5-2/h9-10H,4-8H2,1-3H3. The third-order valence-electron chi connectivity index (χ3n) is 2.29. The lowest BCUT2D eigenvalue weighted by molar-refractivity contribution is 0.0675. The molecule has 0 aliphatic rings. The van der Waals surface area contributed by atoms with Gasteiger partial charge in [0.15, 0.2) is 0 Å². The van der Waals surface area contributed by atoms with E-state index in [0.717, 1.165) is 31.6 Å². The lowest BCUT2D eigenvalue weighted by Crippen LogP contribution is -2.06. The van der Waals surface area contributed by atoms with Gasteiger partial charge in [-0.25, -0.2) is 5.11 Å². The van der Waals surface area contributed by atoms with Crippen molar-refractivity contribution >= 4 is 0 Å². The van der Waals surface area contributed by atoms with Gasteiger partial charge in [0, 0.05) is 0 Å². The molecule has 1 nitrogen and oxygen atoms in total. The molecule has 11 heavy (non-hydrogen) atoms. The molecule has 0 spiro atoms. The van der Waals surface area contributed by atoms with Crippen LogP contribution in [0.15, 0.2) is 0 Å². The minimum atomic E-state index is -0.297. The van der Waals surface area contributed by atoms with Crippen LogP contribution in [0.3, 0.4) is 0 Å². The lowest BCUT2D eigenvalue weighted by Gasteiger charge is -2.10. The van der Waals surface area contributed by atoms with Gasteiger partial charge in [-0.1, -0.05) is 33.6 Å². The first-order valence-electron chi connectivity index (χ1n) is 4.86. The van der Waals surface area contributed by atoms with Gasteiger partial charge in [-0.2, -0.15) is 0 Å². The Labute approximate surface area is 70.8 Å². The van der Waals surface area contributed by atoms with Crippen LogP contribution in [0.1, 0.15) is 52.9 Å². The molecule has 0 saturated heterocycles. The van der Waals surface area contributed by atoms with Gasteiger partial charge in [0.2, 0.25) is 0 Å². The maximum atomic E-state index is 11.1. The first kappa shape index (κ1) is 11.0. The molecule has 0 amide bonds. The van der Waals surface area contributed by atoms with Gasteiger partial charge in [0.25, 0.3) is 0 Å². The van der Waals surface area contributed by atoms with Gasteiger partial charge in [0.05, 0.1) is 6.10 Å². The zero-order valence-corrected chi connectivity index (χ0v) is 8.10. The summed E-state index contributed by atoms with van der Waals surface area (Å²) in [6.45, 7) is 6.48. The minimum absolute atomic E-state index is 0.297. The summed E-state index contributed by atoms with van der Waals surface area (Å²) in [6, 6.07) is 0. The van der Waals surface area contributed by atoms with Gasteiger partial charge in [-0.15, -0.1) is 0 Å². The van der Waals surface area contributed by atoms with Crippen molar-refractivity contribution in [2.24, 2.45) is 5.92 Å². The summed E-state index contributed by atoms with van der Waals surface area (Å²) in [5.41, 5.74) is 0. The minimum Gasteiger partial charge on any atom is -0.233 e. The van der Waals surface area contributed by atoms with Crippen molar-refractivity contribution < 1.29 is 5.11 Å². The first-order valence-corrected chi connectivity index (χ1v) is 4.86. The van der Waals surface area contributed by atoms with Crippen LogP contribution in [0.2, 0.25) is 0 Å². The predicted octanol–water partition coefficient (Wildman–Crippen LogP) is 3.41. The highest BCUT2D eigenvalue weighted by Crippen LogP contribution is 2.13. The summed E-state index contributed by atoms with van der Waals surface area (Å²) >= 11 is 0. The summed E-state index contributed by atoms with van der Waals surface area (Å²) in [5, 5.41) is 11.1. The highest BCUT2D eigenvalue weighted by atomic mass is 16.3. The lowest BCUT2D eigenvalue weighted by atomic mass is 9.99. The van der Waals surface area contributed by atoms with Crippen molar-refractivity contribution in [3.63, 3.8) is 0 Å². The van der Waals surface area contributed by atoms with E-state index >= 15 is 0 Å². The Kier molecular flexibility index (Phi) is 6.63. The fraction of sp³-hybridized carbons (Fsp3) is 1.00. The van der Waals surface area contributed by atoms with E-state index in [1.165, 1.54) is 6.42 Å². The molecule has 0 saturated carbocycles. The SMILES string of the molecule is CCCC([O])CCC(C)CC. The van der Waals surface area contributed by atoms with Gasteiger partial charge in [-0.3, -0.25) is 0 Å². The van der Waals surface area contributed by atoms with E-state index in [2.05, 4.69) is 20.8 Å². The monoisotopic (exact) mass is 157 g/mol. The van der Waals surface area contributed by atoms with E-state index in [1.807, 2.05) is 0 Å². The first-order chi connectivity index (χ1) is 5.20. The summed E-state index contributed by atoms with van der Waals surface area (Å²) in [6.07, 6.45) is 4.80. The molecule has 2 atom stereocenters. The second-order valence-corrected chi connectivity index (χ2v) is 3.50. The number of hydrogen-bond donors (Lipinski definition) is 0. The largest absolute Gasteiger partial charge is 0.233 e.